The van der Waals surface area contributed by atoms with E-state index in [1.807, 2.05) is 18.3 Å². The second kappa shape index (κ2) is 8.50. The van der Waals surface area contributed by atoms with E-state index >= 15 is 0 Å². The molecule has 37 heavy (non-hydrogen) atoms. The molecular weight excluding hydrogens is 446 g/mol. The van der Waals surface area contributed by atoms with E-state index in [9.17, 15) is 0 Å². The molecule has 1 nitrogen and oxygen atoms in total. The van der Waals surface area contributed by atoms with Gasteiger partial charge in [-0.1, -0.05) is 66.2 Å². The molecule has 0 unspecified atom stereocenters. The molecule has 0 fully saturated rings. The van der Waals surface area contributed by atoms with Crippen molar-refractivity contribution in [2.75, 3.05) is 0 Å². The molecule has 1 heteroatoms. The van der Waals surface area contributed by atoms with Gasteiger partial charge in [0.05, 0.1) is 28.3 Å². The first-order valence-corrected chi connectivity index (χ1v) is 12.8. The Labute approximate surface area is 217 Å². The zero-order valence-corrected chi connectivity index (χ0v) is 21.0. The summed E-state index contributed by atoms with van der Waals surface area (Å²) < 4.78 is 0. The van der Waals surface area contributed by atoms with E-state index < -0.39 is 0 Å². The Balaban J connectivity index is 1.51. The van der Waals surface area contributed by atoms with Gasteiger partial charge in [0.25, 0.3) is 0 Å². The molecule has 0 aliphatic heterocycles. The summed E-state index contributed by atoms with van der Waals surface area (Å²) in [6.07, 6.45) is 4.03. The lowest BCUT2D eigenvalue weighted by Crippen LogP contribution is -2.17. The molecule has 0 radical (unpaired) electrons. The molecule has 0 saturated carbocycles. The Hall–Kier alpha value is -4.62. The molecule has 4 aromatic rings. The van der Waals surface area contributed by atoms with Gasteiger partial charge in [-0.15, -0.1) is 0 Å². The summed E-state index contributed by atoms with van der Waals surface area (Å²) in [4.78, 5) is 4.53. The van der Waals surface area contributed by atoms with Crippen LogP contribution in [0.15, 0.2) is 115 Å². The molecule has 1 heterocycles. The first kappa shape index (κ1) is 21.6. The van der Waals surface area contributed by atoms with Crippen molar-refractivity contribution in [3.8, 4) is 33.5 Å². The predicted octanol–water partition coefficient (Wildman–Crippen LogP) is 8.40. The highest BCUT2D eigenvalue weighted by atomic mass is 14.7. The number of rotatable bonds is 3. The van der Waals surface area contributed by atoms with Crippen LogP contribution < -0.4 is 5.22 Å². The average molecular weight is 473 g/mol. The van der Waals surface area contributed by atoms with Crippen molar-refractivity contribution in [2.24, 2.45) is 0 Å². The van der Waals surface area contributed by atoms with Gasteiger partial charge in [0.1, 0.15) is 0 Å². The maximum atomic E-state index is 4.53. The summed E-state index contributed by atoms with van der Waals surface area (Å²) in [6, 6.07) is 40.0. The van der Waals surface area contributed by atoms with E-state index in [1.54, 1.807) is 0 Å². The number of hydrogen-bond donors (Lipinski definition) is 0. The smallest absolute Gasteiger partial charge is 0.0707 e. The molecular formula is C36H26N+. The lowest BCUT2D eigenvalue weighted by molar-refractivity contribution is 1.21. The van der Waals surface area contributed by atoms with Crippen LogP contribution in [0.4, 0.5) is 0 Å². The monoisotopic (exact) mass is 472 g/mol. The van der Waals surface area contributed by atoms with Gasteiger partial charge in [0.2, 0.25) is 0 Å². The minimum absolute atomic E-state index is 0.994. The third-order valence-corrected chi connectivity index (χ3v) is 7.59. The maximum Gasteiger partial charge on any atom is 0.0707 e. The minimum Gasteiger partial charge on any atom is -0.256 e. The molecule has 7 rings (SSSR count). The second-order valence-corrected chi connectivity index (χ2v) is 9.86. The highest BCUT2D eigenvalue weighted by Crippen LogP contribution is 2.47. The van der Waals surface area contributed by atoms with Gasteiger partial charge >= 0.3 is 0 Å². The summed E-state index contributed by atoms with van der Waals surface area (Å²) >= 11 is 0. The van der Waals surface area contributed by atoms with Gasteiger partial charge < -0.3 is 0 Å². The maximum absolute atomic E-state index is 4.53. The molecule has 0 N–H and O–H groups in total. The van der Waals surface area contributed by atoms with Crippen LogP contribution in [0.2, 0.25) is 0 Å². The van der Waals surface area contributed by atoms with Gasteiger partial charge in [-0.2, -0.15) is 0 Å². The molecule has 0 spiro atoms. The number of benzene rings is 3. The number of nitrogens with zero attached hydrogens (tertiary/aromatic N) is 1. The number of hydrogen-bond acceptors (Lipinski definition) is 1. The lowest BCUT2D eigenvalue weighted by atomic mass is 9.73. The first-order valence-electron chi connectivity index (χ1n) is 12.8. The number of aryl methyl sites for hydroxylation is 1. The van der Waals surface area contributed by atoms with Crippen molar-refractivity contribution in [2.45, 2.75) is 13.8 Å². The standard InChI is InChI=1S/C36H26N/c1-3-24-20-28-15-17-30-32(25-9-7-23(2)8-10-25)22-33(31-18-16-29(21-24)35(28)36(30)31)26-11-13-27(14-12-26)34-6-4-5-19-37-34/h3-22H,1-2H3/q+1/b24-3+. The van der Waals surface area contributed by atoms with Crippen molar-refractivity contribution < 1.29 is 0 Å². The van der Waals surface area contributed by atoms with Crippen molar-refractivity contribution >= 4 is 16.8 Å². The fourth-order valence-corrected chi connectivity index (χ4v) is 5.67. The highest BCUT2D eigenvalue weighted by Gasteiger charge is 2.33. The zero-order chi connectivity index (χ0) is 24.9. The quantitative estimate of drug-likeness (QED) is 0.235. The van der Waals surface area contributed by atoms with E-state index in [2.05, 4.69) is 122 Å². The van der Waals surface area contributed by atoms with E-state index in [0.717, 1.165) is 11.3 Å². The molecule has 3 aliphatic carbocycles. The summed E-state index contributed by atoms with van der Waals surface area (Å²) in [5.41, 5.74) is 12.3. The molecule has 3 aliphatic rings. The van der Waals surface area contributed by atoms with Crippen LogP contribution in [0, 0.1) is 12.8 Å². The van der Waals surface area contributed by atoms with Crippen LogP contribution in [0.25, 0.3) is 50.4 Å². The van der Waals surface area contributed by atoms with Crippen LogP contribution in [-0.2, 0) is 0 Å². The second-order valence-electron chi connectivity index (χ2n) is 9.86. The van der Waals surface area contributed by atoms with Gasteiger partial charge in [-0.05, 0) is 67.4 Å². The third-order valence-electron chi connectivity index (χ3n) is 7.59. The number of pyridine rings is 1. The van der Waals surface area contributed by atoms with E-state index in [-0.39, 0.29) is 0 Å². The fourth-order valence-electron chi connectivity index (χ4n) is 5.67. The third kappa shape index (κ3) is 3.55. The zero-order valence-electron chi connectivity index (χ0n) is 21.0. The number of aromatic nitrogens is 1. The Kier molecular flexibility index (Phi) is 4.97. The molecule has 3 aromatic carbocycles. The minimum atomic E-state index is 0.994. The normalized spacial score (nSPS) is 12.7. The lowest BCUT2D eigenvalue weighted by Gasteiger charge is -2.24. The van der Waals surface area contributed by atoms with Crippen LogP contribution in [0.1, 0.15) is 29.2 Å². The molecule has 174 valence electrons. The van der Waals surface area contributed by atoms with Crippen LogP contribution >= 0.6 is 0 Å². The Bertz CT molecular complexity index is 1810. The Morgan fingerprint density at radius 3 is 1.78 bits per heavy atom. The van der Waals surface area contributed by atoms with Crippen LogP contribution in [0.5, 0.6) is 0 Å². The largest absolute Gasteiger partial charge is 0.256 e. The predicted molar refractivity (Wildman–Crippen MR) is 155 cm³/mol. The van der Waals surface area contributed by atoms with Gasteiger partial charge in [0, 0.05) is 51.0 Å². The van der Waals surface area contributed by atoms with Crippen LogP contribution in [0.3, 0.4) is 0 Å². The van der Waals surface area contributed by atoms with Crippen molar-refractivity contribution in [1.29, 1.82) is 0 Å². The van der Waals surface area contributed by atoms with Crippen molar-refractivity contribution in [1.82, 2.24) is 4.98 Å². The van der Waals surface area contributed by atoms with Gasteiger partial charge in [-0.25, -0.2) is 0 Å². The Morgan fingerprint density at radius 1 is 0.622 bits per heavy atom. The van der Waals surface area contributed by atoms with E-state index in [1.165, 1.54) is 66.4 Å². The average Bonchev–Trinajstić information content (AvgIpc) is 2.96. The summed E-state index contributed by atoms with van der Waals surface area (Å²) in [7, 11) is 0. The molecule has 1 aromatic heterocycles. The fraction of sp³-hybridized carbons (Fsp3) is 0.0556. The van der Waals surface area contributed by atoms with Crippen molar-refractivity contribution in [3.63, 3.8) is 0 Å². The molecule has 0 saturated heterocycles. The van der Waals surface area contributed by atoms with Crippen molar-refractivity contribution in [3.05, 3.63) is 149 Å². The van der Waals surface area contributed by atoms with Crippen LogP contribution in [-0.4, -0.2) is 4.98 Å². The molecule has 0 atom stereocenters. The molecule has 0 amide bonds. The van der Waals surface area contributed by atoms with Gasteiger partial charge in [-0.3, -0.25) is 4.98 Å². The first-order chi connectivity index (χ1) is 18.2. The summed E-state index contributed by atoms with van der Waals surface area (Å²) in [5, 5.41) is 3.86. The van der Waals surface area contributed by atoms with Gasteiger partial charge in [0.15, 0.2) is 0 Å². The van der Waals surface area contributed by atoms with E-state index in [4.69, 9.17) is 0 Å². The topological polar surface area (TPSA) is 12.9 Å². The Morgan fingerprint density at radius 2 is 1.22 bits per heavy atom. The SMILES string of the molecule is C/C=c1\cc2ccc3c(-c4ccc(C)cc4)cc(-c4ccc(-c5ccccn5)cc4)c4ccc(c1)[C+]2c34. The highest BCUT2D eigenvalue weighted by molar-refractivity contribution is 6.04. The summed E-state index contributed by atoms with van der Waals surface area (Å²) in [5.74, 6) is 1.35. The summed E-state index contributed by atoms with van der Waals surface area (Å²) in [6.45, 7) is 4.25. The van der Waals surface area contributed by atoms with E-state index in [0.29, 0.717) is 0 Å². The molecule has 0 bridgehead atoms.